The van der Waals surface area contributed by atoms with Crippen molar-refractivity contribution in [2.45, 2.75) is 12.6 Å². The molecule has 0 aliphatic heterocycles. The average Bonchev–Trinajstić information content (AvgIpc) is 2.28. The summed E-state index contributed by atoms with van der Waals surface area (Å²) in [6.07, 6.45) is -1.36. The van der Waals surface area contributed by atoms with Gasteiger partial charge in [0.05, 0.1) is 23.7 Å². The molecule has 1 aromatic carbocycles. The van der Waals surface area contributed by atoms with Crippen LogP contribution in [0, 0.1) is 10.1 Å². The summed E-state index contributed by atoms with van der Waals surface area (Å²) in [5.41, 5.74) is 4.98. The van der Waals surface area contributed by atoms with Crippen LogP contribution >= 0.6 is 0 Å². The number of ether oxygens (including phenoxy) is 1. The lowest BCUT2D eigenvalue weighted by molar-refractivity contribution is -0.386. The van der Waals surface area contributed by atoms with Gasteiger partial charge in [0.15, 0.2) is 0 Å². The molecule has 0 heterocycles. The van der Waals surface area contributed by atoms with Crippen molar-refractivity contribution in [3.63, 3.8) is 0 Å². The Labute approximate surface area is 92.2 Å². The number of halogens is 1. The molecule has 0 saturated heterocycles. The van der Waals surface area contributed by atoms with Gasteiger partial charge in [-0.25, -0.2) is 4.39 Å². The quantitative estimate of drug-likeness (QED) is 0.617. The van der Waals surface area contributed by atoms with Crippen molar-refractivity contribution in [1.82, 2.24) is 0 Å². The molecule has 6 heteroatoms. The number of nitro benzene ring substituents is 1. The van der Waals surface area contributed by atoms with E-state index in [4.69, 9.17) is 10.5 Å². The smallest absolute Gasteiger partial charge is 0.279 e. The maximum atomic E-state index is 13.6. The second kappa shape index (κ2) is 5.41. The second-order valence-electron chi connectivity index (χ2n) is 3.23. The first kappa shape index (κ1) is 12.4. The molecule has 0 amide bonds. The highest BCUT2D eigenvalue weighted by molar-refractivity contribution is 5.47. The van der Waals surface area contributed by atoms with Crippen LogP contribution in [0.3, 0.4) is 0 Å². The van der Waals surface area contributed by atoms with Crippen LogP contribution in [0.25, 0.3) is 0 Å². The van der Waals surface area contributed by atoms with Crippen LogP contribution in [0.5, 0.6) is 5.75 Å². The fourth-order valence-corrected chi connectivity index (χ4v) is 1.38. The van der Waals surface area contributed by atoms with Gasteiger partial charge in [-0.1, -0.05) is 0 Å². The van der Waals surface area contributed by atoms with Crippen molar-refractivity contribution in [1.29, 1.82) is 0 Å². The fraction of sp³-hybridized carbons (Fsp3) is 0.400. The molecule has 16 heavy (non-hydrogen) atoms. The van der Waals surface area contributed by atoms with Gasteiger partial charge in [-0.2, -0.15) is 0 Å². The molecule has 0 saturated carbocycles. The Morgan fingerprint density at radius 2 is 2.31 bits per heavy atom. The molecule has 1 rings (SSSR count). The Morgan fingerprint density at radius 1 is 1.62 bits per heavy atom. The van der Waals surface area contributed by atoms with Gasteiger partial charge in [-0.05, 0) is 25.1 Å². The molecular weight excluding hydrogens is 215 g/mol. The zero-order valence-electron chi connectivity index (χ0n) is 8.85. The Kier molecular flexibility index (Phi) is 4.19. The molecule has 1 atom stereocenters. The van der Waals surface area contributed by atoms with Crippen molar-refractivity contribution in [2.75, 3.05) is 13.7 Å². The summed E-state index contributed by atoms with van der Waals surface area (Å²) >= 11 is 0. The Bertz CT molecular complexity index is 384. The number of hydrogen-bond donors (Lipinski definition) is 1. The highest BCUT2D eigenvalue weighted by Gasteiger charge is 2.22. The van der Waals surface area contributed by atoms with E-state index in [1.54, 1.807) is 0 Å². The van der Waals surface area contributed by atoms with Gasteiger partial charge in [-0.15, -0.1) is 0 Å². The zero-order valence-corrected chi connectivity index (χ0v) is 8.85. The van der Waals surface area contributed by atoms with Gasteiger partial charge >= 0.3 is 0 Å². The molecule has 0 aliphatic rings. The van der Waals surface area contributed by atoms with Crippen molar-refractivity contribution in [3.8, 4) is 5.75 Å². The topological polar surface area (TPSA) is 78.4 Å². The maximum Gasteiger partial charge on any atom is 0.279 e. The third-order valence-corrected chi connectivity index (χ3v) is 2.19. The lowest BCUT2D eigenvalue weighted by Crippen LogP contribution is -2.06. The monoisotopic (exact) mass is 228 g/mol. The summed E-state index contributed by atoms with van der Waals surface area (Å²) in [5.74, 6) is 0.329. The van der Waals surface area contributed by atoms with Crippen LogP contribution in [0.15, 0.2) is 18.2 Å². The van der Waals surface area contributed by atoms with Gasteiger partial charge in [0.25, 0.3) is 5.69 Å². The fourth-order valence-electron chi connectivity index (χ4n) is 1.38. The van der Waals surface area contributed by atoms with E-state index in [0.717, 1.165) is 0 Å². The van der Waals surface area contributed by atoms with Crippen LogP contribution in [-0.4, -0.2) is 18.6 Å². The minimum absolute atomic E-state index is 0.0382. The zero-order chi connectivity index (χ0) is 12.1. The summed E-state index contributed by atoms with van der Waals surface area (Å²) in [5, 5.41) is 10.8. The predicted molar refractivity (Wildman–Crippen MR) is 57.2 cm³/mol. The van der Waals surface area contributed by atoms with Crippen LogP contribution in [0.2, 0.25) is 0 Å². The van der Waals surface area contributed by atoms with Gasteiger partial charge in [-0.3, -0.25) is 10.1 Å². The normalized spacial score (nSPS) is 12.2. The lowest BCUT2D eigenvalue weighted by atomic mass is 10.1. The molecule has 0 aromatic heterocycles. The van der Waals surface area contributed by atoms with Crippen molar-refractivity contribution >= 4 is 5.69 Å². The number of nitro groups is 1. The highest BCUT2D eigenvalue weighted by Crippen LogP contribution is 2.32. The first-order valence-corrected chi connectivity index (χ1v) is 4.76. The lowest BCUT2D eigenvalue weighted by Gasteiger charge is -2.08. The molecule has 0 aliphatic carbocycles. The maximum absolute atomic E-state index is 13.6. The van der Waals surface area contributed by atoms with E-state index in [9.17, 15) is 14.5 Å². The minimum atomic E-state index is -1.42. The second-order valence-corrected chi connectivity index (χ2v) is 3.23. The summed E-state index contributed by atoms with van der Waals surface area (Å²) in [7, 11) is 1.39. The van der Waals surface area contributed by atoms with E-state index in [1.807, 2.05) is 0 Å². The average molecular weight is 228 g/mol. The molecule has 88 valence electrons. The largest absolute Gasteiger partial charge is 0.497 e. The van der Waals surface area contributed by atoms with Crippen LogP contribution < -0.4 is 10.5 Å². The SMILES string of the molecule is COc1ccc(C(F)CCN)c([N+](=O)[O-])c1. The third-order valence-electron chi connectivity index (χ3n) is 2.19. The van der Waals surface area contributed by atoms with Crippen LogP contribution in [-0.2, 0) is 0 Å². The number of alkyl halides is 1. The van der Waals surface area contributed by atoms with Gasteiger partial charge in [0, 0.05) is 0 Å². The van der Waals surface area contributed by atoms with Crippen molar-refractivity contribution in [3.05, 3.63) is 33.9 Å². The molecule has 0 spiro atoms. The summed E-state index contributed by atoms with van der Waals surface area (Å²) in [6.45, 7) is 0.143. The number of nitrogens with two attached hydrogens (primary N) is 1. The number of hydrogen-bond acceptors (Lipinski definition) is 4. The van der Waals surface area contributed by atoms with Gasteiger partial charge in [0.1, 0.15) is 11.9 Å². The van der Waals surface area contributed by atoms with Crippen LogP contribution in [0.1, 0.15) is 18.2 Å². The van der Waals surface area contributed by atoms with E-state index in [2.05, 4.69) is 0 Å². The molecular formula is C10H13FN2O3. The number of methoxy groups -OCH3 is 1. The Morgan fingerprint density at radius 3 is 2.81 bits per heavy atom. The first-order valence-electron chi connectivity index (χ1n) is 4.76. The van der Waals surface area contributed by atoms with E-state index in [0.29, 0.717) is 5.75 Å². The minimum Gasteiger partial charge on any atom is -0.497 e. The van der Waals surface area contributed by atoms with Crippen molar-refractivity contribution < 1.29 is 14.1 Å². The predicted octanol–water partition coefficient (Wildman–Crippen LogP) is 1.96. The first-order chi connectivity index (χ1) is 7.60. The number of benzene rings is 1. The molecule has 0 bridgehead atoms. The van der Waals surface area contributed by atoms with Gasteiger partial charge in [0.2, 0.25) is 0 Å². The standard InChI is InChI=1S/C10H13FN2O3/c1-16-7-2-3-8(9(11)4-5-12)10(6-7)13(14)15/h2-3,6,9H,4-5,12H2,1H3. The Hall–Kier alpha value is -1.69. The molecule has 1 unspecified atom stereocenters. The van der Waals surface area contributed by atoms with Crippen LogP contribution in [0.4, 0.5) is 10.1 Å². The summed E-state index contributed by atoms with van der Waals surface area (Å²) in [6, 6.07) is 4.06. The highest BCUT2D eigenvalue weighted by atomic mass is 19.1. The molecule has 1 aromatic rings. The molecule has 2 N–H and O–H groups in total. The van der Waals surface area contributed by atoms with Gasteiger partial charge < -0.3 is 10.5 Å². The summed E-state index contributed by atoms with van der Waals surface area (Å²) < 4.78 is 18.4. The van der Waals surface area contributed by atoms with E-state index < -0.39 is 11.1 Å². The molecule has 5 nitrogen and oxygen atoms in total. The third kappa shape index (κ3) is 2.66. The number of nitrogens with zero attached hydrogens (tertiary/aromatic N) is 1. The van der Waals surface area contributed by atoms with E-state index >= 15 is 0 Å². The van der Waals surface area contributed by atoms with Crippen molar-refractivity contribution in [2.24, 2.45) is 5.73 Å². The van der Waals surface area contributed by atoms with E-state index in [-0.39, 0.29) is 24.2 Å². The van der Waals surface area contributed by atoms with E-state index in [1.165, 1.54) is 25.3 Å². The summed E-state index contributed by atoms with van der Waals surface area (Å²) in [4.78, 5) is 10.1. The molecule has 0 fully saturated rings. The Balaban J connectivity index is 3.12. The molecule has 0 radical (unpaired) electrons. The number of rotatable bonds is 5.